The summed E-state index contributed by atoms with van der Waals surface area (Å²) in [5, 5.41) is 13.7. The lowest BCUT2D eigenvalue weighted by atomic mass is 10.3. The molecule has 64 valence electrons. The molecule has 0 saturated heterocycles. The third kappa shape index (κ3) is 1.19. The Morgan fingerprint density at radius 3 is 3.08 bits per heavy atom. The minimum absolute atomic E-state index is 0.385. The van der Waals surface area contributed by atoms with E-state index in [9.17, 15) is 0 Å². The molecule has 4 nitrogen and oxygen atoms in total. The van der Waals surface area contributed by atoms with Gasteiger partial charge >= 0.3 is 0 Å². The lowest BCUT2D eigenvalue weighted by molar-refractivity contribution is 0.785. The monoisotopic (exact) mass is 236 g/mol. The molecule has 2 aromatic rings. The molecule has 5 heteroatoms. The fourth-order valence-electron chi connectivity index (χ4n) is 1.13. The zero-order valence-electron chi connectivity index (χ0n) is 6.82. The Labute approximate surface area is 82.9 Å². The van der Waals surface area contributed by atoms with E-state index in [1.165, 1.54) is 0 Å². The van der Waals surface area contributed by atoms with E-state index in [-0.39, 0.29) is 0 Å². The van der Waals surface area contributed by atoms with E-state index in [1.807, 2.05) is 12.1 Å². The highest BCUT2D eigenvalue weighted by Gasteiger charge is 2.06. The molecule has 13 heavy (non-hydrogen) atoms. The fraction of sp³-hybridized carbons (Fsp3) is 0.125. The lowest BCUT2D eigenvalue weighted by Gasteiger charge is -1.95. The number of nitrogens with zero attached hydrogens (tertiary/aromatic N) is 4. The first-order valence-corrected chi connectivity index (χ1v) is 4.40. The molecule has 0 amide bonds. The van der Waals surface area contributed by atoms with Gasteiger partial charge < -0.3 is 0 Å². The molecular weight excluding hydrogens is 232 g/mol. The van der Waals surface area contributed by atoms with Crippen LogP contribution in [0, 0.1) is 11.3 Å². The van der Waals surface area contributed by atoms with E-state index >= 15 is 0 Å². The highest BCUT2D eigenvalue weighted by Crippen LogP contribution is 2.19. The number of halogens is 1. The zero-order valence-corrected chi connectivity index (χ0v) is 8.41. The van der Waals surface area contributed by atoms with Crippen molar-refractivity contribution in [2.75, 3.05) is 0 Å². The van der Waals surface area contributed by atoms with Crippen molar-refractivity contribution in [3.8, 4) is 6.07 Å². The molecular formula is C8H5BrN4. The molecule has 0 spiro atoms. The van der Waals surface area contributed by atoms with Gasteiger partial charge in [-0.05, 0) is 22.0 Å². The number of pyridine rings is 1. The normalized spacial score (nSPS) is 10.2. The Hall–Kier alpha value is -1.41. The first-order chi connectivity index (χ1) is 6.22. The molecule has 2 aromatic heterocycles. The third-order valence-electron chi connectivity index (χ3n) is 1.77. The second kappa shape index (κ2) is 2.82. The summed E-state index contributed by atoms with van der Waals surface area (Å²) in [6.45, 7) is 0. The van der Waals surface area contributed by atoms with Gasteiger partial charge in [0, 0.05) is 12.4 Å². The van der Waals surface area contributed by atoms with Gasteiger partial charge in [-0.3, -0.25) is 4.68 Å². The molecule has 0 aromatic carbocycles. The topological polar surface area (TPSA) is 54.5 Å². The second-order valence-corrected chi connectivity index (χ2v) is 3.47. The van der Waals surface area contributed by atoms with Crippen molar-refractivity contribution in [1.82, 2.24) is 14.8 Å². The van der Waals surface area contributed by atoms with Crippen molar-refractivity contribution in [3.05, 3.63) is 22.4 Å². The fourth-order valence-corrected chi connectivity index (χ4v) is 1.55. The highest BCUT2D eigenvalue weighted by molar-refractivity contribution is 9.10. The van der Waals surface area contributed by atoms with Gasteiger partial charge in [-0.2, -0.15) is 10.4 Å². The van der Waals surface area contributed by atoms with Gasteiger partial charge in [0.15, 0.2) is 11.3 Å². The number of fused-ring (bicyclic) bond motifs is 1. The summed E-state index contributed by atoms with van der Waals surface area (Å²) in [7, 11) is 1.80. The van der Waals surface area contributed by atoms with Crippen LogP contribution in [0.25, 0.3) is 11.0 Å². The van der Waals surface area contributed by atoms with Crippen LogP contribution in [0.2, 0.25) is 0 Å². The Kier molecular flexibility index (Phi) is 1.78. The van der Waals surface area contributed by atoms with Crippen molar-refractivity contribution in [2.24, 2.45) is 7.05 Å². The van der Waals surface area contributed by atoms with Crippen molar-refractivity contribution in [1.29, 1.82) is 5.26 Å². The zero-order chi connectivity index (χ0) is 9.42. The Morgan fingerprint density at radius 1 is 1.62 bits per heavy atom. The number of hydrogen-bond acceptors (Lipinski definition) is 3. The standard InChI is InChI=1S/C8H5BrN4/c1-13-8-5(4-11-13)2-6(9)7(3-10)12-8/h2,4H,1H3. The number of rotatable bonds is 0. The summed E-state index contributed by atoms with van der Waals surface area (Å²) in [6, 6.07) is 3.85. The SMILES string of the molecule is Cn1ncc2cc(Br)c(C#N)nc21. The van der Waals surface area contributed by atoms with E-state index in [1.54, 1.807) is 17.9 Å². The summed E-state index contributed by atoms with van der Waals surface area (Å²) < 4.78 is 2.35. The van der Waals surface area contributed by atoms with Crippen molar-refractivity contribution < 1.29 is 0 Å². The van der Waals surface area contributed by atoms with Crippen LogP contribution in [0.3, 0.4) is 0 Å². The van der Waals surface area contributed by atoms with Crippen LogP contribution in [0.1, 0.15) is 5.69 Å². The Bertz CT molecular complexity index is 509. The van der Waals surface area contributed by atoms with E-state index in [2.05, 4.69) is 26.0 Å². The highest BCUT2D eigenvalue weighted by atomic mass is 79.9. The maximum atomic E-state index is 8.73. The largest absolute Gasteiger partial charge is 0.250 e. The number of nitriles is 1. The quantitative estimate of drug-likeness (QED) is 0.699. The molecule has 0 aliphatic carbocycles. The van der Waals surface area contributed by atoms with Gasteiger partial charge in [0.05, 0.1) is 10.7 Å². The van der Waals surface area contributed by atoms with Crippen LogP contribution in [-0.4, -0.2) is 14.8 Å². The molecule has 0 bridgehead atoms. The van der Waals surface area contributed by atoms with Gasteiger partial charge in [-0.25, -0.2) is 4.98 Å². The van der Waals surface area contributed by atoms with Gasteiger partial charge in [0.25, 0.3) is 0 Å². The summed E-state index contributed by atoms with van der Waals surface area (Å²) >= 11 is 3.26. The molecule has 0 saturated carbocycles. The summed E-state index contributed by atoms with van der Waals surface area (Å²) in [5.74, 6) is 0. The van der Waals surface area contributed by atoms with Crippen LogP contribution in [0.15, 0.2) is 16.7 Å². The molecule has 0 atom stereocenters. The molecule has 0 aliphatic heterocycles. The first kappa shape index (κ1) is 8.20. The number of hydrogen-bond donors (Lipinski definition) is 0. The predicted octanol–water partition coefficient (Wildman–Crippen LogP) is 1.60. The van der Waals surface area contributed by atoms with E-state index in [0.29, 0.717) is 10.2 Å². The predicted molar refractivity (Wildman–Crippen MR) is 50.9 cm³/mol. The van der Waals surface area contributed by atoms with Crippen molar-refractivity contribution in [3.63, 3.8) is 0 Å². The first-order valence-electron chi connectivity index (χ1n) is 3.60. The molecule has 0 unspecified atom stereocenters. The molecule has 0 N–H and O–H groups in total. The second-order valence-electron chi connectivity index (χ2n) is 2.61. The van der Waals surface area contributed by atoms with Gasteiger partial charge in [-0.15, -0.1) is 0 Å². The molecule has 2 heterocycles. The lowest BCUT2D eigenvalue weighted by Crippen LogP contribution is -1.93. The van der Waals surface area contributed by atoms with E-state index < -0.39 is 0 Å². The van der Waals surface area contributed by atoms with Crippen molar-refractivity contribution >= 4 is 27.0 Å². The van der Waals surface area contributed by atoms with Gasteiger partial charge in [0.1, 0.15) is 6.07 Å². The number of aromatic nitrogens is 3. The van der Waals surface area contributed by atoms with Crippen LogP contribution in [-0.2, 0) is 7.05 Å². The van der Waals surface area contributed by atoms with Crippen LogP contribution < -0.4 is 0 Å². The smallest absolute Gasteiger partial charge is 0.159 e. The summed E-state index contributed by atoms with van der Waals surface area (Å²) in [4.78, 5) is 4.15. The van der Waals surface area contributed by atoms with Crippen LogP contribution in [0.4, 0.5) is 0 Å². The maximum absolute atomic E-state index is 8.73. The van der Waals surface area contributed by atoms with Crippen LogP contribution >= 0.6 is 15.9 Å². The molecule has 0 aliphatic rings. The minimum Gasteiger partial charge on any atom is -0.250 e. The molecule has 2 rings (SSSR count). The molecule has 0 fully saturated rings. The Balaban J connectivity index is 2.86. The maximum Gasteiger partial charge on any atom is 0.159 e. The van der Waals surface area contributed by atoms with E-state index in [4.69, 9.17) is 5.26 Å². The van der Waals surface area contributed by atoms with Crippen LogP contribution in [0.5, 0.6) is 0 Å². The van der Waals surface area contributed by atoms with Crippen molar-refractivity contribution in [2.45, 2.75) is 0 Å². The summed E-state index contributed by atoms with van der Waals surface area (Å²) in [5.41, 5.74) is 1.11. The average Bonchev–Trinajstić information content (AvgIpc) is 2.46. The Morgan fingerprint density at radius 2 is 2.38 bits per heavy atom. The van der Waals surface area contributed by atoms with E-state index in [0.717, 1.165) is 11.0 Å². The average molecular weight is 237 g/mol. The third-order valence-corrected chi connectivity index (χ3v) is 2.37. The minimum atomic E-state index is 0.385. The van der Waals surface area contributed by atoms with Gasteiger partial charge in [0.2, 0.25) is 0 Å². The molecule has 0 radical (unpaired) electrons. The number of aryl methyl sites for hydroxylation is 1. The summed E-state index contributed by atoms with van der Waals surface area (Å²) in [6.07, 6.45) is 1.72. The van der Waals surface area contributed by atoms with Gasteiger partial charge in [-0.1, -0.05) is 0 Å².